The average Bonchev–Trinajstić information content (AvgIpc) is 3.31. The molecule has 1 aliphatic heterocycles. The van der Waals surface area contributed by atoms with Crippen molar-refractivity contribution >= 4 is 33.4 Å². The van der Waals surface area contributed by atoms with Gasteiger partial charge in [0.1, 0.15) is 4.83 Å². The first-order valence-corrected chi connectivity index (χ1v) is 11.4. The van der Waals surface area contributed by atoms with Gasteiger partial charge in [-0.3, -0.25) is 14.3 Å². The van der Waals surface area contributed by atoms with Crippen LogP contribution >= 0.6 is 11.3 Å². The van der Waals surface area contributed by atoms with Gasteiger partial charge in [0.15, 0.2) is 0 Å². The number of carbonyl (C=O) groups is 2. The third-order valence-corrected chi connectivity index (χ3v) is 6.98. The number of likely N-dealkylation sites (N-methyl/N-ethyl adjacent to an activating group) is 2. The normalized spacial score (nSPS) is 14.9. The second kappa shape index (κ2) is 8.80. The summed E-state index contributed by atoms with van der Waals surface area (Å²) in [6, 6.07) is 10.3. The number of piperazine rings is 1. The minimum absolute atomic E-state index is 0.00629. The van der Waals surface area contributed by atoms with E-state index in [4.69, 9.17) is 0 Å². The molecule has 2 amide bonds. The van der Waals surface area contributed by atoms with Crippen LogP contribution in [0, 0.1) is 13.8 Å². The van der Waals surface area contributed by atoms with Crippen molar-refractivity contribution in [1.29, 1.82) is 0 Å². The van der Waals surface area contributed by atoms with Gasteiger partial charge in [0.25, 0.3) is 5.91 Å². The predicted octanol–water partition coefficient (Wildman–Crippen LogP) is 2.61. The van der Waals surface area contributed by atoms with E-state index in [1.165, 1.54) is 27.4 Å². The Morgan fingerprint density at radius 2 is 1.77 bits per heavy atom. The molecule has 0 unspecified atom stereocenters. The highest BCUT2D eigenvalue weighted by Crippen LogP contribution is 2.29. The van der Waals surface area contributed by atoms with Gasteiger partial charge in [-0.1, -0.05) is 29.8 Å². The van der Waals surface area contributed by atoms with Gasteiger partial charge < -0.3 is 14.7 Å². The lowest BCUT2D eigenvalue weighted by molar-refractivity contribution is -0.133. The zero-order chi connectivity index (χ0) is 22.1. The number of thiophene rings is 1. The third kappa shape index (κ3) is 4.65. The Hall–Kier alpha value is -2.71. The summed E-state index contributed by atoms with van der Waals surface area (Å²) in [5, 5.41) is 5.67. The highest BCUT2D eigenvalue weighted by Gasteiger charge is 2.24. The summed E-state index contributed by atoms with van der Waals surface area (Å²) in [6.07, 6.45) is 0. The minimum atomic E-state index is -0.120. The van der Waals surface area contributed by atoms with E-state index in [1.54, 1.807) is 7.05 Å². The van der Waals surface area contributed by atoms with E-state index in [9.17, 15) is 9.59 Å². The molecule has 8 heteroatoms. The number of hydrogen-bond donors (Lipinski definition) is 0. The van der Waals surface area contributed by atoms with Crippen molar-refractivity contribution in [1.82, 2.24) is 24.5 Å². The van der Waals surface area contributed by atoms with Crippen molar-refractivity contribution in [2.45, 2.75) is 20.4 Å². The monoisotopic (exact) mass is 439 g/mol. The van der Waals surface area contributed by atoms with Gasteiger partial charge in [0, 0.05) is 38.6 Å². The Labute approximate surface area is 186 Å². The second-order valence-electron chi connectivity index (χ2n) is 8.40. The number of hydrogen-bond acceptors (Lipinski definition) is 5. The van der Waals surface area contributed by atoms with Crippen molar-refractivity contribution in [2.75, 3.05) is 46.8 Å². The maximum absolute atomic E-state index is 13.0. The number of carbonyl (C=O) groups excluding carboxylic acids is 2. The Kier molecular flexibility index (Phi) is 6.11. The average molecular weight is 440 g/mol. The summed E-state index contributed by atoms with van der Waals surface area (Å²) >= 11 is 1.44. The van der Waals surface area contributed by atoms with Gasteiger partial charge in [-0.25, -0.2) is 0 Å². The zero-order valence-corrected chi connectivity index (χ0v) is 19.4. The van der Waals surface area contributed by atoms with Gasteiger partial charge in [-0.2, -0.15) is 5.10 Å². The topological polar surface area (TPSA) is 61.7 Å². The molecule has 0 aliphatic carbocycles. The van der Waals surface area contributed by atoms with Gasteiger partial charge >= 0.3 is 0 Å². The number of benzene rings is 1. The van der Waals surface area contributed by atoms with E-state index in [0.717, 1.165) is 29.0 Å². The Balaban J connectivity index is 1.48. The van der Waals surface area contributed by atoms with Gasteiger partial charge in [0.2, 0.25) is 5.91 Å². The summed E-state index contributed by atoms with van der Waals surface area (Å²) in [5.74, 6) is -0.114. The highest BCUT2D eigenvalue weighted by atomic mass is 32.1. The van der Waals surface area contributed by atoms with Crippen LogP contribution in [-0.4, -0.2) is 83.1 Å². The number of fused-ring (bicyclic) bond motifs is 1. The summed E-state index contributed by atoms with van der Waals surface area (Å²) in [5.41, 5.74) is 3.31. The fourth-order valence-corrected chi connectivity index (χ4v) is 4.97. The summed E-state index contributed by atoms with van der Waals surface area (Å²) in [4.78, 5) is 32.8. The maximum atomic E-state index is 13.0. The summed E-state index contributed by atoms with van der Waals surface area (Å²) < 4.78 is 1.96. The molecular formula is C23H29N5O2S. The van der Waals surface area contributed by atoms with Crippen LogP contribution < -0.4 is 0 Å². The predicted molar refractivity (Wildman–Crippen MR) is 124 cm³/mol. The van der Waals surface area contributed by atoms with Gasteiger partial charge in [-0.05, 0) is 32.5 Å². The molecule has 1 fully saturated rings. The Morgan fingerprint density at radius 1 is 1.10 bits per heavy atom. The molecule has 0 bridgehead atoms. The van der Waals surface area contributed by atoms with Crippen LogP contribution in [-0.2, 0) is 11.3 Å². The van der Waals surface area contributed by atoms with Crippen LogP contribution in [0.5, 0.6) is 0 Å². The van der Waals surface area contributed by atoms with Crippen LogP contribution in [0.1, 0.15) is 26.5 Å². The van der Waals surface area contributed by atoms with Crippen molar-refractivity contribution in [3.63, 3.8) is 0 Å². The number of nitrogens with zero attached hydrogens (tertiary/aromatic N) is 5. The van der Waals surface area contributed by atoms with Gasteiger partial charge in [0.05, 0.1) is 23.7 Å². The van der Waals surface area contributed by atoms with Crippen LogP contribution in [0.15, 0.2) is 30.3 Å². The molecule has 1 aliphatic rings. The molecule has 0 atom stereocenters. The fraction of sp³-hybridized carbons (Fsp3) is 0.435. The first-order valence-electron chi connectivity index (χ1n) is 10.6. The molecule has 164 valence electrons. The number of aryl methyl sites for hydroxylation is 2. The SMILES string of the molecule is Cc1ccc(Cn2nc(C)c3cc(C(=O)N(C)CC(=O)N4CCN(C)CC4)sc32)cc1. The molecule has 3 aromatic rings. The molecule has 4 rings (SSSR count). The maximum Gasteiger partial charge on any atom is 0.264 e. The fourth-order valence-electron chi connectivity index (χ4n) is 3.81. The molecule has 0 radical (unpaired) electrons. The van der Waals surface area contributed by atoms with Crippen LogP contribution in [0.2, 0.25) is 0 Å². The molecule has 0 saturated carbocycles. The standard InChI is InChI=1S/C23H29N5O2S/c1-16-5-7-18(8-6-16)14-28-23-19(17(2)24-28)13-20(31-23)22(30)26(4)15-21(29)27-11-9-25(3)10-12-27/h5-8,13H,9-12,14-15H2,1-4H3. The van der Waals surface area contributed by atoms with E-state index < -0.39 is 0 Å². The molecule has 0 N–H and O–H groups in total. The molecule has 3 heterocycles. The van der Waals surface area contributed by atoms with Gasteiger partial charge in [-0.15, -0.1) is 11.3 Å². The minimum Gasteiger partial charge on any atom is -0.339 e. The lowest BCUT2D eigenvalue weighted by Gasteiger charge is -2.33. The number of rotatable bonds is 5. The molecule has 7 nitrogen and oxygen atoms in total. The van der Waals surface area contributed by atoms with E-state index in [2.05, 4.69) is 48.2 Å². The van der Waals surface area contributed by atoms with Crippen LogP contribution in [0.3, 0.4) is 0 Å². The van der Waals surface area contributed by atoms with E-state index in [0.29, 0.717) is 24.5 Å². The van der Waals surface area contributed by atoms with Crippen LogP contribution in [0.25, 0.3) is 10.2 Å². The summed E-state index contributed by atoms with van der Waals surface area (Å²) in [7, 11) is 3.76. The largest absolute Gasteiger partial charge is 0.339 e. The molecule has 1 aromatic carbocycles. The first kappa shape index (κ1) is 21.5. The number of aromatic nitrogens is 2. The Bertz CT molecular complexity index is 1090. The smallest absolute Gasteiger partial charge is 0.264 e. The lowest BCUT2D eigenvalue weighted by atomic mass is 10.1. The molecular weight excluding hydrogens is 410 g/mol. The first-order chi connectivity index (χ1) is 14.8. The molecule has 31 heavy (non-hydrogen) atoms. The van der Waals surface area contributed by atoms with E-state index in [-0.39, 0.29) is 18.4 Å². The second-order valence-corrected chi connectivity index (χ2v) is 9.43. The molecule has 2 aromatic heterocycles. The van der Waals surface area contributed by atoms with Crippen molar-refractivity contribution < 1.29 is 9.59 Å². The third-order valence-electron chi connectivity index (χ3n) is 5.85. The highest BCUT2D eigenvalue weighted by molar-refractivity contribution is 7.20. The zero-order valence-electron chi connectivity index (χ0n) is 18.6. The quantitative estimate of drug-likeness (QED) is 0.613. The lowest BCUT2D eigenvalue weighted by Crippen LogP contribution is -2.50. The number of amides is 2. The van der Waals surface area contributed by atoms with Crippen LogP contribution in [0.4, 0.5) is 0 Å². The van der Waals surface area contributed by atoms with Crippen molar-refractivity contribution in [3.05, 3.63) is 52.0 Å². The Morgan fingerprint density at radius 3 is 2.45 bits per heavy atom. The van der Waals surface area contributed by atoms with E-state index in [1.807, 2.05) is 22.6 Å². The van der Waals surface area contributed by atoms with Crippen molar-refractivity contribution in [3.8, 4) is 0 Å². The summed E-state index contributed by atoms with van der Waals surface area (Å²) in [6.45, 7) is 7.98. The van der Waals surface area contributed by atoms with Crippen molar-refractivity contribution in [2.24, 2.45) is 0 Å². The molecule has 0 spiro atoms. The van der Waals surface area contributed by atoms with E-state index >= 15 is 0 Å². The molecule has 1 saturated heterocycles.